The summed E-state index contributed by atoms with van der Waals surface area (Å²) in [5, 5.41) is 25.2. The highest BCUT2D eigenvalue weighted by molar-refractivity contribution is 7.15. The van der Waals surface area contributed by atoms with Gasteiger partial charge in [-0.05, 0) is 25.7 Å². The molecule has 2 N–H and O–H groups in total. The zero-order valence-corrected chi connectivity index (χ0v) is 20.0. The van der Waals surface area contributed by atoms with Gasteiger partial charge < -0.3 is 10.6 Å². The molecule has 2 aromatic rings. The van der Waals surface area contributed by atoms with Crippen LogP contribution in [-0.2, 0) is 20.4 Å². The van der Waals surface area contributed by atoms with Gasteiger partial charge in [0.15, 0.2) is 0 Å². The van der Waals surface area contributed by atoms with Crippen molar-refractivity contribution in [1.82, 2.24) is 20.4 Å². The van der Waals surface area contributed by atoms with Gasteiger partial charge in [0.2, 0.25) is 22.1 Å². The lowest BCUT2D eigenvalue weighted by Gasteiger charge is -2.26. The summed E-state index contributed by atoms with van der Waals surface area (Å²) in [6, 6.07) is 0. The maximum absolute atomic E-state index is 12.6. The van der Waals surface area contributed by atoms with Crippen molar-refractivity contribution in [2.45, 2.75) is 78.1 Å². The summed E-state index contributed by atoms with van der Waals surface area (Å²) in [6.45, 7) is 12.4. The zero-order chi connectivity index (χ0) is 22.1. The van der Waals surface area contributed by atoms with Gasteiger partial charge in [-0.1, -0.05) is 64.2 Å². The third-order valence-electron chi connectivity index (χ3n) is 5.06. The van der Waals surface area contributed by atoms with E-state index in [1.165, 1.54) is 22.7 Å². The summed E-state index contributed by atoms with van der Waals surface area (Å²) in [5.41, 5.74) is -0.181. The molecule has 2 amide bonds. The van der Waals surface area contributed by atoms with Crippen LogP contribution in [0.5, 0.6) is 0 Å². The van der Waals surface area contributed by atoms with Gasteiger partial charge in [-0.15, -0.1) is 20.4 Å². The topological polar surface area (TPSA) is 110 Å². The second-order valence-corrected chi connectivity index (χ2v) is 11.8. The van der Waals surface area contributed by atoms with Crippen LogP contribution in [0.25, 0.3) is 0 Å². The van der Waals surface area contributed by atoms with Crippen LogP contribution >= 0.6 is 22.7 Å². The van der Waals surface area contributed by atoms with Crippen LogP contribution in [0.4, 0.5) is 10.3 Å². The molecule has 10 heteroatoms. The van der Waals surface area contributed by atoms with Crippen LogP contribution in [0.15, 0.2) is 0 Å². The Bertz CT molecular complexity index is 827. The van der Waals surface area contributed by atoms with Crippen molar-refractivity contribution < 1.29 is 9.59 Å². The first kappa shape index (κ1) is 22.7. The quantitative estimate of drug-likeness (QED) is 0.716. The second kappa shape index (κ2) is 8.66. The summed E-state index contributed by atoms with van der Waals surface area (Å²) in [5.74, 6) is -0.288. The maximum Gasteiger partial charge on any atom is 0.229 e. The second-order valence-electron chi connectivity index (χ2n) is 9.85. The largest absolute Gasteiger partial charge is 0.300 e. The molecule has 3 rings (SSSR count). The van der Waals surface area contributed by atoms with Crippen molar-refractivity contribution in [2.75, 3.05) is 10.6 Å². The Kier molecular flexibility index (Phi) is 6.57. The van der Waals surface area contributed by atoms with E-state index in [4.69, 9.17) is 0 Å². The zero-order valence-electron chi connectivity index (χ0n) is 18.4. The highest BCUT2D eigenvalue weighted by Gasteiger charge is 2.31. The third-order valence-corrected chi connectivity index (χ3v) is 7.59. The van der Waals surface area contributed by atoms with E-state index in [2.05, 4.69) is 72.6 Å². The summed E-state index contributed by atoms with van der Waals surface area (Å²) in [4.78, 5) is 25.2. The molecule has 0 spiro atoms. The average molecular weight is 451 g/mol. The number of hydrogen-bond donors (Lipinski definition) is 2. The minimum atomic E-state index is -0.106. The standard InChI is InChI=1S/C20H30N6O2S2/c1-19(2,3)15-23-25-17(29-15)21-13(27)11-7-9-12(10-8-11)14(28)22-18-26-24-16(30-18)20(4,5)6/h11-12H,7-10H2,1-6H3,(H,21,25,27)(H,22,26,28). The number of carbonyl (C=O) groups is 2. The van der Waals surface area contributed by atoms with Gasteiger partial charge in [0.05, 0.1) is 0 Å². The normalized spacial score (nSPS) is 20.1. The molecule has 1 fully saturated rings. The lowest BCUT2D eigenvalue weighted by atomic mass is 9.81. The average Bonchev–Trinajstić information content (AvgIpc) is 3.31. The van der Waals surface area contributed by atoms with E-state index in [0.717, 1.165) is 10.0 Å². The Morgan fingerprint density at radius 2 is 1.03 bits per heavy atom. The molecule has 2 heterocycles. The Labute approximate surface area is 185 Å². The predicted molar refractivity (Wildman–Crippen MR) is 120 cm³/mol. The number of amides is 2. The minimum absolute atomic E-state index is 0.0376. The van der Waals surface area contributed by atoms with Crippen molar-refractivity contribution in [1.29, 1.82) is 0 Å². The van der Waals surface area contributed by atoms with Crippen LogP contribution in [-0.4, -0.2) is 32.2 Å². The number of anilines is 2. The number of carbonyl (C=O) groups excluding carboxylic acids is 2. The number of nitrogens with one attached hydrogen (secondary N) is 2. The smallest absolute Gasteiger partial charge is 0.229 e. The summed E-state index contributed by atoms with van der Waals surface area (Å²) in [6.07, 6.45) is 2.72. The molecular formula is C20H30N6O2S2. The molecule has 30 heavy (non-hydrogen) atoms. The maximum atomic E-state index is 12.6. The summed E-state index contributed by atoms with van der Waals surface area (Å²) in [7, 11) is 0. The van der Waals surface area contributed by atoms with E-state index in [-0.39, 0.29) is 34.5 Å². The van der Waals surface area contributed by atoms with Crippen molar-refractivity contribution in [3.63, 3.8) is 0 Å². The van der Waals surface area contributed by atoms with Crippen molar-refractivity contribution in [2.24, 2.45) is 11.8 Å². The fraction of sp³-hybridized carbons (Fsp3) is 0.700. The van der Waals surface area contributed by atoms with Crippen molar-refractivity contribution in [3.05, 3.63) is 10.0 Å². The molecule has 0 radical (unpaired) electrons. The molecule has 1 aliphatic carbocycles. The van der Waals surface area contributed by atoms with Gasteiger partial charge in [0.1, 0.15) is 10.0 Å². The van der Waals surface area contributed by atoms with E-state index >= 15 is 0 Å². The summed E-state index contributed by atoms with van der Waals surface area (Å²) < 4.78 is 0. The van der Waals surface area contributed by atoms with Gasteiger partial charge in [-0.3, -0.25) is 9.59 Å². The molecule has 0 saturated heterocycles. The number of nitrogens with zero attached hydrogens (tertiary/aromatic N) is 4. The predicted octanol–water partition coefficient (Wildman–Crippen LogP) is 4.37. The fourth-order valence-electron chi connectivity index (χ4n) is 3.19. The summed E-state index contributed by atoms with van der Waals surface area (Å²) >= 11 is 2.82. The Morgan fingerprint density at radius 1 is 0.700 bits per heavy atom. The van der Waals surface area contributed by atoms with Crippen LogP contribution in [0.3, 0.4) is 0 Å². The molecule has 1 saturated carbocycles. The van der Waals surface area contributed by atoms with E-state index in [9.17, 15) is 9.59 Å². The van der Waals surface area contributed by atoms with E-state index in [0.29, 0.717) is 35.9 Å². The lowest BCUT2D eigenvalue weighted by Crippen LogP contribution is -2.32. The van der Waals surface area contributed by atoms with Gasteiger partial charge in [0.25, 0.3) is 0 Å². The number of rotatable bonds is 4. The van der Waals surface area contributed by atoms with Crippen LogP contribution in [0.2, 0.25) is 0 Å². The molecule has 2 aromatic heterocycles. The molecule has 1 aliphatic rings. The fourth-order valence-corrected chi connectivity index (χ4v) is 4.79. The third kappa shape index (κ3) is 5.60. The highest BCUT2D eigenvalue weighted by Crippen LogP contribution is 2.33. The van der Waals surface area contributed by atoms with Crippen molar-refractivity contribution >= 4 is 44.8 Å². The van der Waals surface area contributed by atoms with Gasteiger partial charge in [0, 0.05) is 22.7 Å². The van der Waals surface area contributed by atoms with Crippen LogP contribution in [0, 0.1) is 11.8 Å². The molecular weight excluding hydrogens is 420 g/mol. The number of hydrogen-bond acceptors (Lipinski definition) is 8. The molecule has 8 nitrogen and oxygen atoms in total. The molecule has 0 aliphatic heterocycles. The Hall–Kier alpha value is -1.94. The van der Waals surface area contributed by atoms with Gasteiger partial charge in [-0.25, -0.2) is 0 Å². The first-order valence-corrected chi connectivity index (χ1v) is 11.9. The Balaban J connectivity index is 1.49. The van der Waals surface area contributed by atoms with E-state index in [1.54, 1.807) is 0 Å². The highest BCUT2D eigenvalue weighted by atomic mass is 32.1. The Morgan fingerprint density at radius 3 is 1.30 bits per heavy atom. The molecule has 0 bridgehead atoms. The molecule has 0 unspecified atom stereocenters. The first-order chi connectivity index (χ1) is 13.9. The van der Waals surface area contributed by atoms with Crippen LogP contribution < -0.4 is 10.6 Å². The lowest BCUT2D eigenvalue weighted by molar-refractivity contribution is -0.125. The van der Waals surface area contributed by atoms with Crippen molar-refractivity contribution in [3.8, 4) is 0 Å². The molecule has 0 atom stereocenters. The molecule has 0 aromatic carbocycles. The van der Waals surface area contributed by atoms with Gasteiger partial charge >= 0.3 is 0 Å². The minimum Gasteiger partial charge on any atom is -0.300 e. The first-order valence-electron chi connectivity index (χ1n) is 10.2. The SMILES string of the molecule is CC(C)(C)c1nnc(NC(=O)C2CCC(C(=O)Nc3nnc(C(C)(C)C)s3)CC2)s1. The monoisotopic (exact) mass is 450 g/mol. The molecule has 164 valence electrons. The number of aromatic nitrogens is 4. The van der Waals surface area contributed by atoms with E-state index < -0.39 is 0 Å². The van der Waals surface area contributed by atoms with Gasteiger partial charge in [-0.2, -0.15) is 0 Å². The van der Waals surface area contributed by atoms with E-state index in [1.807, 2.05) is 0 Å². The van der Waals surface area contributed by atoms with Crippen LogP contribution in [0.1, 0.15) is 77.2 Å².